The number of halogens is 2. The minimum Gasteiger partial charge on any atom is -0.356 e. The molecular weight excluding hydrogens is 463 g/mol. The van der Waals surface area contributed by atoms with Crippen molar-refractivity contribution in [2.24, 2.45) is 12.8 Å². The number of aryl methyl sites for hydroxylation is 1. The van der Waals surface area contributed by atoms with Gasteiger partial charge in [0, 0.05) is 20.3 Å². The first-order valence-corrected chi connectivity index (χ1v) is 11.4. The second kappa shape index (κ2) is 12.4. The summed E-state index contributed by atoms with van der Waals surface area (Å²) in [6, 6.07) is 3.43. The van der Waals surface area contributed by atoms with Crippen molar-refractivity contribution in [1.82, 2.24) is 24.4 Å². The van der Waals surface area contributed by atoms with Crippen LogP contribution in [0.2, 0.25) is 5.15 Å². The molecule has 1 unspecified atom stereocenters. The Balaban J connectivity index is 0.000000257. The maximum Gasteiger partial charge on any atom is 0.274 e. The number of rotatable bonds is 4. The number of ketones is 1. The van der Waals surface area contributed by atoms with Crippen LogP contribution in [0.1, 0.15) is 62.9 Å². The van der Waals surface area contributed by atoms with E-state index in [4.69, 9.17) is 11.6 Å². The topological polar surface area (TPSA) is 132 Å². The monoisotopic (exact) mass is 494 g/mol. The average Bonchev–Trinajstić information content (AvgIpc) is 3.36. The van der Waals surface area contributed by atoms with Crippen LogP contribution in [0.25, 0.3) is 5.52 Å². The van der Waals surface area contributed by atoms with Crippen LogP contribution in [0, 0.1) is 0 Å². The van der Waals surface area contributed by atoms with Gasteiger partial charge in [-0.2, -0.15) is 5.10 Å². The van der Waals surface area contributed by atoms with E-state index in [-0.39, 0.29) is 11.1 Å². The number of nitrogens with one attached hydrogen (secondary N) is 2. The number of Topliss-reactive ketones (excluding diaryl/α,β-unsaturated/α-hetero) is 1. The Bertz CT molecular complexity index is 1090. The van der Waals surface area contributed by atoms with Crippen molar-refractivity contribution in [2.45, 2.75) is 58.2 Å². The number of fused-ring (bicyclic) bond motifs is 1. The number of amides is 1. The van der Waals surface area contributed by atoms with Gasteiger partial charge in [0.1, 0.15) is 5.69 Å². The Hall–Kier alpha value is -3.05. The molecule has 4 rings (SSSR count). The summed E-state index contributed by atoms with van der Waals surface area (Å²) in [6.45, 7) is 2.13. The third-order valence-electron chi connectivity index (χ3n) is 5.08. The van der Waals surface area contributed by atoms with E-state index in [9.17, 15) is 14.0 Å². The van der Waals surface area contributed by atoms with E-state index >= 15 is 0 Å². The van der Waals surface area contributed by atoms with E-state index in [2.05, 4.69) is 31.5 Å². The lowest BCUT2D eigenvalue weighted by atomic mass is 10.0. The molecule has 0 saturated heterocycles. The maximum absolute atomic E-state index is 12.3. The first-order valence-electron chi connectivity index (χ1n) is 11.0. The summed E-state index contributed by atoms with van der Waals surface area (Å²) in [5.41, 5.74) is 6.21. The van der Waals surface area contributed by atoms with Gasteiger partial charge in [-0.15, -0.1) is 5.10 Å². The third kappa shape index (κ3) is 8.07. The van der Waals surface area contributed by atoms with Crippen LogP contribution in [-0.4, -0.2) is 48.9 Å². The van der Waals surface area contributed by atoms with Crippen molar-refractivity contribution in [3.05, 3.63) is 35.4 Å². The predicted molar refractivity (Wildman–Crippen MR) is 131 cm³/mol. The Morgan fingerprint density at radius 1 is 1.15 bits per heavy atom. The highest BCUT2D eigenvalue weighted by molar-refractivity contribution is 6.32. The van der Waals surface area contributed by atoms with E-state index in [1.807, 2.05) is 0 Å². The van der Waals surface area contributed by atoms with Gasteiger partial charge < -0.3 is 10.6 Å². The van der Waals surface area contributed by atoms with Gasteiger partial charge in [0.2, 0.25) is 11.7 Å². The van der Waals surface area contributed by atoms with Crippen molar-refractivity contribution >= 4 is 40.4 Å². The molecule has 3 aromatic rings. The fourth-order valence-electron chi connectivity index (χ4n) is 2.98. The maximum atomic E-state index is 12.3. The van der Waals surface area contributed by atoms with Crippen molar-refractivity contribution in [3.63, 3.8) is 0 Å². The van der Waals surface area contributed by atoms with E-state index < -0.39 is 11.6 Å². The van der Waals surface area contributed by atoms with Gasteiger partial charge in [-0.05, 0) is 26.0 Å². The first kappa shape index (κ1) is 27.2. The van der Waals surface area contributed by atoms with Gasteiger partial charge in [-0.1, -0.05) is 50.1 Å². The molecule has 4 N–H and O–H groups in total. The van der Waals surface area contributed by atoms with E-state index in [1.165, 1.54) is 47.7 Å². The molecule has 0 bridgehead atoms. The summed E-state index contributed by atoms with van der Waals surface area (Å²) in [5, 5.41) is 14.0. The Kier molecular flexibility index (Phi) is 9.94. The number of anilines is 2. The fraction of sp³-hybridized carbons (Fsp3) is 0.500. The molecule has 1 saturated carbocycles. The van der Waals surface area contributed by atoms with Crippen LogP contribution in [0.5, 0.6) is 0 Å². The van der Waals surface area contributed by atoms with Gasteiger partial charge >= 0.3 is 0 Å². The van der Waals surface area contributed by atoms with Crippen molar-refractivity contribution < 1.29 is 14.0 Å². The fourth-order valence-corrected chi connectivity index (χ4v) is 3.20. The number of hydrogen-bond acceptors (Lipinski definition) is 7. The third-order valence-corrected chi connectivity index (χ3v) is 5.35. The van der Waals surface area contributed by atoms with E-state index in [1.54, 1.807) is 38.6 Å². The molecule has 186 valence electrons. The quantitative estimate of drug-likeness (QED) is 0.467. The molecule has 12 heteroatoms. The van der Waals surface area contributed by atoms with Crippen LogP contribution in [-0.2, 0) is 11.8 Å². The van der Waals surface area contributed by atoms with Gasteiger partial charge in [0.05, 0.1) is 17.4 Å². The highest BCUT2D eigenvalue weighted by Gasteiger charge is 2.21. The molecule has 1 fully saturated rings. The normalized spacial score (nSPS) is 14.7. The minimum absolute atomic E-state index is 0.234. The summed E-state index contributed by atoms with van der Waals surface area (Å²) in [6.07, 6.45) is 12.3. The molecular formula is C22H32ClFN8O2. The Morgan fingerprint density at radius 3 is 2.15 bits per heavy atom. The van der Waals surface area contributed by atoms with E-state index in [0.29, 0.717) is 17.3 Å². The number of carbonyl (C=O) groups excluding carboxylic acids is 2. The SMILES string of the molecule is C1CCCCC1.CC(=O)C(C)(N)F.CNc1ncc2ccc(C(=O)Nc3cn(C)nc3Cl)n2n1. The summed E-state index contributed by atoms with van der Waals surface area (Å²) in [5.74, 6) is -2.69. The van der Waals surface area contributed by atoms with Gasteiger partial charge in [-0.3, -0.25) is 20.0 Å². The van der Waals surface area contributed by atoms with Crippen LogP contribution in [0.3, 0.4) is 0 Å². The summed E-state index contributed by atoms with van der Waals surface area (Å²) in [7, 11) is 3.43. The van der Waals surface area contributed by atoms with Gasteiger partial charge in [-0.25, -0.2) is 13.9 Å². The molecule has 1 amide bonds. The summed E-state index contributed by atoms with van der Waals surface area (Å²) >= 11 is 5.93. The molecule has 0 radical (unpaired) electrons. The molecule has 1 atom stereocenters. The molecule has 0 spiro atoms. The first-order chi connectivity index (χ1) is 16.0. The molecule has 3 aromatic heterocycles. The zero-order valence-corrected chi connectivity index (χ0v) is 20.7. The van der Waals surface area contributed by atoms with Crippen LogP contribution in [0.4, 0.5) is 16.0 Å². The number of aromatic nitrogens is 5. The molecule has 1 aliphatic rings. The van der Waals surface area contributed by atoms with Crippen LogP contribution < -0.4 is 16.4 Å². The molecule has 10 nitrogen and oxygen atoms in total. The van der Waals surface area contributed by atoms with Crippen LogP contribution >= 0.6 is 11.6 Å². The lowest BCUT2D eigenvalue weighted by Crippen LogP contribution is -2.37. The second-order valence-electron chi connectivity index (χ2n) is 8.10. The zero-order chi connectivity index (χ0) is 25.3. The van der Waals surface area contributed by atoms with Crippen molar-refractivity contribution in [3.8, 4) is 0 Å². The molecule has 0 aromatic carbocycles. The predicted octanol–water partition coefficient (Wildman–Crippen LogP) is 3.97. The van der Waals surface area contributed by atoms with Gasteiger partial charge in [0.25, 0.3) is 5.91 Å². The zero-order valence-electron chi connectivity index (χ0n) is 19.9. The number of nitrogens with zero attached hydrogens (tertiary/aromatic N) is 5. The minimum atomic E-state index is -2.14. The molecule has 3 heterocycles. The molecule has 0 aliphatic heterocycles. The number of carbonyl (C=O) groups is 2. The van der Waals surface area contributed by atoms with Crippen molar-refractivity contribution in [1.29, 1.82) is 0 Å². The Labute approximate surface area is 203 Å². The highest BCUT2D eigenvalue weighted by Crippen LogP contribution is 2.20. The van der Waals surface area contributed by atoms with Gasteiger partial charge in [0.15, 0.2) is 10.9 Å². The second-order valence-corrected chi connectivity index (χ2v) is 8.46. The highest BCUT2D eigenvalue weighted by atomic mass is 35.5. The largest absolute Gasteiger partial charge is 0.356 e. The molecule has 34 heavy (non-hydrogen) atoms. The smallest absolute Gasteiger partial charge is 0.274 e. The lowest BCUT2D eigenvalue weighted by Gasteiger charge is -2.06. The molecule has 1 aliphatic carbocycles. The van der Waals surface area contributed by atoms with E-state index in [0.717, 1.165) is 19.4 Å². The summed E-state index contributed by atoms with van der Waals surface area (Å²) < 4.78 is 15.0. The number of hydrogen-bond donors (Lipinski definition) is 3. The van der Waals surface area contributed by atoms with Crippen molar-refractivity contribution in [2.75, 3.05) is 17.7 Å². The summed E-state index contributed by atoms with van der Waals surface area (Å²) in [4.78, 5) is 26.4. The Morgan fingerprint density at radius 2 is 1.71 bits per heavy atom. The van der Waals surface area contributed by atoms with Crippen LogP contribution in [0.15, 0.2) is 24.5 Å². The number of alkyl halides is 1. The average molecular weight is 495 g/mol. The number of nitrogens with two attached hydrogens (primary N) is 1. The standard InChI is InChI=1S/C12H12ClN7O.C6H12.C4H8FNO/c1-14-12-15-5-7-3-4-9(20(7)18-12)11(21)16-8-6-19(2)17-10(8)13;1-2-4-6-5-3-1;1-3(7)4(2,5)6/h3-6H,1-2H3,(H,14,18)(H,16,21);1-6H2;6H2,1-2H3. The lowest BCUT2D eigenvalue weighted by molar-refractivity contribution is -0.126.